The zero-order valence-electron chi connectivity index (χ0n) is 13.3. The second-order valence-electron chi connectivity index (χ2n) is 6.12. The van der Waals surface area contributed by atoms with Crippen LogP contribution in [0.15, 0.2) is 29.4 Å². The number of anilines is 1. The van der Waals surface area contributed by atoms with Crippen LogP contribution in [0.5, 0.6) is 0 Å². The van der Waals surface area contributed by atoms with Gasteiger partial charge in [-0.15, -0.1) is 0 Å². The minimum atomic E-state index is -1.66. The highest BCUT2D eigenvalue weighted by Crippen LogP contribution is 2.42. The van der Waals surface area contributed by atoms with Gasteiger partial charge < -0.3 is 34.8 Å². The van der Waals surface area contributed by atoms with Crippen molar-refractivity contribution in [2.45, 2.75) is 31.0 Å². The monoisotopic (exact) mass is 347 g/mol. The van der Waals surface area contributed by atoms with Gasteiger partial charge in [0.05, 0.1) is 23.8 Å². The molecule has 0 aromatic carbocycles. The van der Waals surface area contributed by atoms with Crippen molar-refractivity contribution in [3.8, 4) is 11.5 Å². The first-order valence-electron chi connectivity index (χ1n) is 7.62. The molecule has 4 atom stereocenters. The number of nitrogens with two attached hydrogens (primary N) is 1. The normalized spacial score (nSPS) is 29.5. The predicted molar refractivity (Wildman–Crippen MR) is 85.1 cm³/mol. The number of fused-ring (bicyclic) bond motifs is 1. The van der Waals surface area contributed by atoms with E-state index in [2.05, 4.69) is 15.0 Å². The van der Waals surface area contributed by atoms with Crippen LogP contribution in [-0.4, -0.2) is 59.3 Å². The molecule has 10 nitrogen and oxygen atoms in total. The van der Waals surface area contributed by atoms with E-state index in [0.717, 1.165) is 0 Å². The second-order valence-corrected chi connectivity index (χ2v) is 6.12. The average Bonchev–Trinajstić information content (AvgIpc) is 3.27. The molecule has 132 valence electrons. The number of aliphatic hydroxyl groups excluding tert-OH is 2. The van der Waals surface area contributed by atoms with Gasteiger partial charge in [0.2, 0.25) is 5.89 Å². The molecule has 4 heterocycles. The molecule has 3 aromatic heterocycles. The third-order valence-electron chi connectivity index (χ3n) is 4.49. The van der Waals surface area contributed by atoms with E-state index < -0.39 is 30.6 Å². The molecule has 0 aliphatic carbocycles. The van der Waals surface area contributed by atoms with Crippen LogP contribution in [0.4, 0.5) is 5.82 Å². The summed E-state index contributed by atoms with van der Waals surface area (Å²) in [4.78, 5) is 12.3. The van der Waals surface area contributed by atoms with Crippen LogP contribution in [0.2, 0.25) is 0 Å². The first-order chi connectivity index (χ1) is 11.9. The lowest BCUT2D eigenvalue weighted by Gasteiger charge is -2.27. The Balaban J connectivity index is 1.93. The van der Waals surface area contributed by atoms with Gasteiger partial charge in [0.25, 0.3) is 0 Å². The predicted octanol–water partition coefficient (Wildman–Crippen LogP) is -0.330. The number of nitrogen functional groups attached to an aromatic ring is 1. The highest BCUT2D eigenvalue weighted by atomic mass is 16.6. The Morgan fingerprint density at radius 3 is 2.80 bits per heavy atom. The number of aromatic nitrogens is 4. The summed E-state index contributed by atoms with van der Waals surface area (Å²) in [5.74, 6) is 0.524. The lowest BCUT2D eigenvalue weighted by Crippen LogP contribution is -2.44. The molecule has 4 rings (SSSR count). The molecule has 1 aliphatic heterocycles. The van der Waals surface area contributed by atoms with Gasteiger partial charge in [-0.25, -0.2) is 15.0 Å². The summed E-state index contributed by atoms with van der Waals surface area (Å²) < 4.78 is 12.5. The molecular weight excluding hydrogens is 330 g/mol. The molecule has 0 spiro atoms. The fraction of sp³-hybridized carbons (Fsp3) is 0.400. The largest absolute Gasteiger partial charge is 0.444 e. The minimum absolute atomic E-state index is 0.217. The van der Waals surface area contributed by atoms with E-state index in [9.17, 15) is 15.3 Å². The van der Waals surface area contributed by atoms with Crippen LogP contribution in [0, 0.1) is 0 Å². The number of hydrogen-bond donors (Lipinski definition) is 4. The Labute approximate surface area is 141 Å². The van der Waals surface area contributed by atoms with Crippen LogP contribution in [0.3, 0.4) is 0 Å². The Bertz CT molecular complexity index is 907. The maximum Gasteiger partial charge on any atom is 0.228 e. The lowest BCUT2D eigenvalue weighted by molar-refractivity contribution is -0.0948. The Morgan fingerprint density at radius 2 is 2.16 bits per heavy atom. The van der Waals surface area contributed by atoms with E-state index >= 15 is 0 Å². The van der Waals surface area contributed by atoms with Gasteiger partial charge in [-0.1, -0.05) is 0 Å². The molecule has 5 N–H and O–H groups in total. The first kappa shape index (κ1) is 16.0. The molecule has 3 aromatic rings. The van der Waals surface area contributed by atoms with Crippen molar-refractivity contribution in [1.29, 1.82) is 0 Å². The Morgan fingerprint density at radius 1 is 1.36 bits per heavy atom. The van der Waals surface area contributed by atoms with Crippen LogP contribution < -0.4 is 5.73 Å². The van der Waals surface area contributed by atoms with Crippen LogP contribution >= 0.6 is 0 Å². The van der Waals surface area contributed by atoms with Crippen LogP contribution in [0.1, 0.15) is 13.2 Å². The molecule has 1 aliphatic rings. The molecular formula is C15H17N5O5. The van der Waals surface area contributed by atoms with Crippen molar-refractivity contribution >= 4 is 16.9 Å². The third-order valence-corrected chi connectivity index (χ3v) is 4.49. The van der Waals surface area contributed by atoms with Crippen LogP contribution in [0.25, 0.3) is 22.5 Å². The highest BCUT2D eigenvalue weighted by Gasteiger charge is 2.53. The quantitative estimate of drug-likeness (QED) is 0.499. The van der Waals surface area contributed by atoms with E-state index in [4.69, 9.17) is 14.9 Å². The van der Waals surface area contributed by atoms with Crippen molar-refractivity contribution in [2.24, 2.45) is 0 Å². The van der Waals surface area contributed by atoms with E-state index in [-0.39, 0.29) is 5.82 Å². The van der Waals surface area contributed by atoms with Crippen molar-refractivity contribution in [1.82, 2.24) is 19.5 Å². The SMILES string of the molecule is C[C@]1(O)C(n2cc(-c3ncco3)c3c(N)ncnc32)O[C@H](CO)[C@H]1O. The first-order valence-corrected chi connectivity index (χ1v) is 7.62. The van der Waals surface area contributed by atoms with E-state index in [1.54, 1.807) is 6.20 Å². The van der Waals surface area contributed by atoms with Gasteiger partial charge in [0, 0.05) is 6.20 Å². The van der Waals surface area contributed by atoms with E-state index in [1.165, 1.54) is 30.3 Å². The summed E-state index contributed by atoms with van der Waals surface area (Å²) >= 11 is 0. The number of hydrogen-bond acceptors (Lipinski definition) is 9. The molecule has 1 fully saturated rings. The summed E-state index contributed by atoms with van der Waals surface area (Å²) in [7, 11) is 0. The maximum absolute atomic E-state index is 10.7. The van der Waals surface area contributed by atoms with E-state index in [0.29, 0.717) is 22.5 Å². The Hall–Kier alpha value is -2.53. The van der Waals surface area contributed by atoms with Gasteiger partial charge in [0.1, 0.15) is 41.9 Å². The molecule has 1 unspecified atom stereocenters. The number of ether oxygens (including phenoxy) is 1. The number of rotatable bonds is 3. The maximum atomic E-state index is 10.7. The third kappa shape index (κ3) is 2.23. The number of aliphatic hydroxyl groups is 3. The summed E-state index contributed by atoms with van der Waals surface area (Å²) in [5.41, 5.74) is 5.25. The van der Waals surface area contributed by atoms with Crippen molar-refractivity contribution in [3.05, 3.63) is 25.0 Å². The molecule has 0 bridgehead atoms. The van der Waals surface area contributed by atoms with Gasteiger partial charge in [-0.05, 0) is 6.92 Å². The molecule has 10 heteroatoms. The fourth-order valence-corrected chi connectivity index (χ4v) is 3.20. The van der Waals surface area contributed by atoms with Gasteiger partial charge in [0.15, 0.2) is 6.23 Å². The van der Waals surface area contributed by atoms with Gasteiger partial charge in [-0.3, -0.25) is 0 Å². The average molecular weight is 347 g/mol. The summed E-state index contributed by atoms with van der Waals surface area (Å²) in [6.07, 6.45) is 2.62. The second kappa shape index (κ2) is 5.49. The molecule has 0 amide bonds. The lowest BCUT2D eigenvalue weighted by atomic mass is 9.96. The standard InChI is InChI=1S/C15H17N5O5/c1-15(23)10(22)8(5-21)25-14(15)20-4-7(13-17-2-3-24-13)9-11(16)18-6-19-12(9)20/h2-4,6,8,10,14,21-23H,5H2,1H3,(H2,16,18,19)/t8-,10-,14?,15-/m1/s1. The zero-order valence-corrected chi connectivity index (χ0v) is 13.3. The molecule has 25 heavy (non-hydrogen) atoms. The fourth-order valence-electron chi connectivity index (χ4n) is 3.20. The van der Waals surface area contributed by atoms with Crippen LogP contribution in [-0.2, 0) is 4.74 Å². The molecule has 1 saturated heterocycles. The van der Waals surface area contributed by atoms with Gasteiger partial charge in [-0.2, -0.15) is 0 Å². The van der Waals surface area contributed by atoms with Gasteiger partial charge >= 0.3 is 0 Å². The summed E-state index contributed by atoms with van der Waals surface area (Å²) in [5, 5.41) is 30.8. The summed E-state index contributed by atoms with van der Waals surface area (Å²) in [6, 6.07) is 0. The number of oxazole rings is 1. The Kier molecular flexibility index (Phi) is 3.51. The molecule has 0 saturated carbocycles. The minimum Gasteiger partial charge on any atom is -0.444 e. The summed E-state index contributed by atoms with van der Waals surface area (Å²) in [6.45, 7) is 0.996. The zero-order chi connectivity index (χ0) is 17.8. The van der Waals surface area contributed by atoms with Crippen molar-refractivity contribution < 1.29 is 24.5 Å². The van der Waals surface area contributed by atoms with E-state index in [1.807, 2.05) is 0 Å². The van der Waals surface area contributed by atoms with Crippen molar-refractivity contribution in [3.63, 3.8) is 0 Å². The smallest absolute Gasteiger partial charge is 0.228 e. The van der Waals surface area contributed by atoms with Crippen molar-refractivity contribution in [2.75, 3.05) is 12.3 Å². The highest BCUT2D eigenvalue weighted by molar-refractivity contribution is 5.98. The number of nitrogens with zero attached hydrogens (tertiary/aromatic N) is 4. The topological polar surface area (TPSA) is 153 Å². The molecule has 0 radical (unpaired) electrons.